The monoisotopic (exact) mass is 260 g/mol. The summed E-state index contributed by atoms with van der Waals surface area (Å²) in [5, 5.41) is 7.00. The van der Waals surface area contributed by atoms with Crippen LogP contribution in [0.2, 0.25) is 0 Å². The minimum absolute atomic E-state index is 0.0192. The predicted octanol–water partition coefficient (Wildman–Crippen LogP) is -1.21. The van der Waals surface area contributed by atoms with E-state index in [1.54, 1.807) is 0 Å². The number of morpholine rings is 1. The second-order valence-corrected chi connectivity index (χ2v) is 6.19. The smallest absolute Gasteiger partial charge is 0.222 e. The summed E-state index contributed by atoms with van der Waals surface area (Å²) in [5.74, 6) is -0.187. The van der Waals surface area contributed by atoms with Crippen LogP contribution < -0.4 is 10.6 Å². The molecule has 2 rings (SSSR count). The van der Waals surface area contributed by atoms with Crippen LogP contribution in [0.5, 0.6) is 0 Å². The first-order valence-electron chi connectivity index (χ1n) is 5.57. The lowest BCUT2D eigenvalue weighted by atomic mass is 10.2. The Labute approximate surface area is 100 Å². The number of carbonyl (C=O) groups excluding carboxylic acids is 1. The summed E-state index contributed by atoms with van der Waals surface area (Å²) in [7, 11) is -3.11. The highest BCUT2D eigenvalue weighted by Gasteiger charge is 2.24. The van der Waals surface area contributed by atoms with Crippen molar-refractivity contribution in [1.82, 2.24) is 10.6 Å². The third-order valence-electron chi connectivity index (χ3n) is 2.71. The van der Waals surface area contributed by atoms with Gasteiger partial charge in [0.2, 0.25) is 5.91 Å². The van der Waals surface area contributed by atoms with Gasteiger partial charge in [0, 0.05) is 24.4 Å². The molecule has 2 atom stereocenters. The number of rotatable bonds is 3. The second-order valence-electron chi connectivity index (χ2n) is 4.26. The van der Waals surface area contributed by atoms with Crippen LogP contribution in [0, 0.1) is 0 Å². The highest BCUT2D eigenvalue weighted by molar-refractivity contribution is 7.94. The van der Waals surface area contributed by atoms with Gasteiger partial charge in [-0.3, -0.25) is 4.79 Å². The average Bonchev–Trinajstić information content (AvgIpc) is 2.59. The minimum atomic E-state index is -3.11. The molecule has 2 aliphatic rings. The standard InChI is InChI=1S/C10H16N2O4S/c13-10(5-9-6-16-3-2-11-9)12-8-1-4-17(14,15)7-8/h1,4,8-9,11H,2-3,5-7H2,(H,12,13). The summed E-state index contributed by atoms with van der Waals surface area (Å²) < 4.78 is 27.5. The van der Waals surface area contributed by atoms with Crippen molar-refractivity contribution in [1.29, 1.82) is 0 Å². The normalized spacial score (nSPS) is 31.3. The first kappa shape index (κ1) is 12.5. The van der Waals surface area contributed by atoms with Gasteiger partial charge in [-0.2, -0.15) is 0 Å². The third kappa shape index (κ3) is 3.79. The van der Waals surface area contributed by atoms with E-state index in [4.69, 9.17) is 4.74 Å². The van der Waals surface area contributed by atoms with Crippen LogP contribution >= 0.6 is 0 Å². The molecule has 17 heavy (non-hydrogen) atoms. The van der Waals surface area contributed by atoms with Crippen molar-refractivity contribution >= 4 is 15.7 Å². The molecule has 0 bridgehead atoms. The van der Waals surface area contributed by atoms with Gasteiger partial charge < -0.3 is 15.4 Å². The Balaban J connectivity index is 1.76. The molecule has 0 aliphatic carbocycles. The van der Waals surface area contributed by atoms with E-state index < -0.39 is 15.9 Å². The van der Waals surface area contributed by atoms with Crippen LogP contribution in [0.1, 0.15) is 6.42 Å². The van der Waals surface area contributed by atoms with Crippen molar-refractivity contribution in [2.45, 2.75) is 18.5 Å². The molecule has 0 saturated carbocycles. The number of hydrogen-bond acceptors (Lipinski definition) is 5. The summed E-state index contributed by atoms with van der Waals surface area (Å²) in [5.41, 5.74) is 0. The molecule has 1 fully saturated rings. The number of hydrogen-bond donors (Lipinski definition) is 2. The van der Waals surface area contributed by atoms with Crippen LogP contribution in [0.15, 0.2) is 11.5 Å². The molecular weight excluding hydrogens is 244 g/mol. The Bertz CT molecular complexity index is 412. The lowest BCUT2D eigenvalue weighted by molar-refractivity contribution is -0.122. The molecular formula is C10H16N2O4S. The van der Waals surface area contributed by atoms with Crippen molar-refractivity contribution in [2.24, 2.45) is 0 Å². The van der Waals surface area contributed by atoms with Gasteiger partial charge in [0.1, 0.15) is 0 Å². The highest BCUT2D eigenvalue weighted by Crippen LogP contribution is 2.08. The summed E-state index contributed by atoms with van der Waals surface area (Å²) in [6, 6.07) is -0.372. The molecule has 0 aromatic heterocycles. The van der Waals surface area contributed by atoms with E-state index in [0.717, 1.165) is 12.0 Å². The Hall–Kier alpha value is -0.920. The second kappa shape index (κ2) is 5.16. The zero-order valence-corrected chi connectivity index (χ0v) is 10.2. The third-order valence-corrected chi connectivity index (χ3v) is 4.10. The fourth-order valence-electron chi connectivity index (χ4n) is 1.91. The summed E-state index contributed by atoms with van der Waals surface area (Å²) in [6.45, 7) is 1.93. The largest absolute Gasteiger partial charge is 0.378 e. The fraction of sp³-hybridized carbons (Fsp3) is 0.700. The number of ether oxygens (including phenoxy) is 1. The summed E-state index contributed by atoms with van der Waals surface area (Å²) in [6.07, 6.45) is 1.82. The summed E-state index contributed by atoms with van der Waals surface area (Å²) in [4.78, 5) is 11.6. The Morgan fingerprint density at radius 2 is 2.35 bits per heavy atom. The molecule has 1 saturated heterocycles. The first-order chi connectivity index (χ1) is 8.05. The maximum atomic E-state index is 11.6. The first-order valence-corrected chi connectivity index (χ1v) is 7.28. The van der Waals surface area contributed by atoms with E-state index >= 15 is 0 Å². The molecule has 7 heteroatoms. The maximum Gasteiger partial charge on any atom is 0.222 e. The zero-order valence-electron chi connectivity index (χ0n) is 9.39. The van der Waals surface area contributed by atoms with Gasteiger partial charge in [0.15, 0.2) is 9.84 Å². The highest BCUT2D eigenvalue weighted by atomic mass is 32.2. The maximum absolute atomic E-state index is 11.6. The van der Waals surface area contributed by atoms with Crippen LogP contribution in [-0.4, -0.2) is 51.9 Å². The van der Waals surface area contributed by atoms with Crippen LogP contribution in [-0.2, 0) is 19.4 Å². The fourth-order valence-corrected chi connectivity index (χ4v) is 3.14. The van der Waals surface area contributed by atoms with Gasteiger partial charge in [-0.25, -0.2) is 8.42 Å². The van der Waals surface area contributed by atoms with Crippen molar-refractivity contribution in [3.63, 3.8) is 0 Å². The molecule has 0 aromatic carbocycles. The van der Waals surface area contributed by atoms with E-state index in [2.05, 4.69) is 10.6 Å². The van der Waals surface area contributed by atoms with E-state index in [-0.39, 0.29) is 17.7 Å². The van der Waals surface area contributed by atoms with Crippen molar-refractivity contribution in [3.8, 4) is 0 Å². The molecule has 2 N–H and O–H groups in total. The van der Waals surface area contributed by atoms with E-state index in [1.165, 1.54) is 6.08 Å². The van der Waals surface area contributed by atoms with E-state index in [1.807, 2.05) is 0 Å². The molecule has 96 valence electrons. The topological polar surface area (TPSA) is 84.5 Å². The van der Waals surface area contributed by atoms with E-state index in [9.17, 15) is 13.2 Å². The van der Waals surface area contributed by atoms with Gasteiger partial charge in [0.25, 0.3) is 0 Å². The molecule has 2 heterocycles. The van der Waals surface area contributed by atoms with Crippen molar-refractivity contribution in [3.05, 3.63) is 11.5 Å². The van der Waals surface area contributed by atoms with E-state index in [0.29, 0.717) is 19.6 Å². The number of amides is 1. The van der Waals surface area contributed by atoms with Gasteiger partial charge in [0.05, 0.1) is 25.0 Å². The van der Waals surface area contributed by atoms with Gasteiger partial charge in [-0.15, -0.1) is 0 Å². The average molecular weight is 260 g/mol. The lowest BCUT2D eigenvalue weighted by Gasteiger charge is -2.23. The number of sulfone groups is 1. The molecule has 2 unspecified atom stereocenters. The summed E-state index contributed by atoms with van der Waals surface area (Å²) >= 11 is 0. The molecule has 1 amide bonds. The van der Waals surface area contributed by atoms with Crippen molar-refractivity contribution in [2.75, 3.05) is 25.5 Å². The zero-order chi connectivity index (χ0) is 12.3. The van der Waals surface area contributed by atoms with Crippen LogP contribution in [0.3, 0.4) is 0 Å². The molecule has 0 radical (unpaired) electrons. The SMILES string of the molecule is O=C(CC1COCCN1)NC1C=CS(=O)(=O)C1. The Morgan fingerprint density at radius 1 is 1.53 bits per heavy atom. The Morgan fingerprint density at radius 3 is 2.94 bits per heavy atom. The Kier molecular flexibility index (Phi) is 3.80. The molecule has 0 spiro atoms. The minimum Gasteiger partial charge on any atom is -0.378 e. The van der Waals surface area contributed by atoms with Crippen LogP contribution in [0.4, 0.5) is 0 Å². The quantitative estimate of drug-likeness (QED) is 0.665. The van der Waals surface area contributed by atoms with Gasteiger partial charge >= 0.3 is 0 Å². The van der Waals surface area contributed by atoms with Gasteiger partial charge in [-0.05, 0) is 6.08 Å². The molecule has 2 aliphatic heterocycles. The van der Waals surface area contributed by atoms with Crippen molar-refractivity contribution < 1.29 is 17.9 Å². The predicted molar refractivity (Wildman–Crippen MR) is 62.1 cm³/mol. The van der Waals surface area contributed by atoms with Crippen LogP contribution in [0.25, 0.3) is 0 Å². The number of nitrogens with one attached hydrogen (secondary N) is 2. The van der Waals surface area contributed by atoms with Gasteiger partial charge in [-0.1, -0.05) is 0 Å². The molecule has 0 aromatic rings. The number of carbonyl (C=O) groups is 1. The lowest BCUT2D eigenvalue weighted by Crippen LogP contribution is -2.45. The molecule has 6 nitrogen and oxygen atoms in total.